The maximum absolute atomic E-state index is 12.5. The molecule has 2 aromatic rings. The van der Waals surface area contributed by atoms with Gasteiger partial charge in [-0.25, -0.2) is 14.3 Å². The van der Waals surface area contributed by atoms with Crippen LogP contribution < -0.4 is 21.3 Å². The number of amides is 2. The lowest BCUT2D eigenvalue weighted by Gasteiger charge is -2.20. The molecule has 0 aliphatic rings. The molecule has 156 valence electrons. The molecule has 5 N–H and O–H groups in total. The Morgan fingerprint density at radius 3 is 2.14 bits per heavy atom. The third-order valence-electron chi connectivity index (χ3n) is 4.17. The number of nitrogens with two attached hydrogens (primary N) is 1. The van der Waals surface area contributed by atoms with E-state index in [2.05, 4.69) is 10.0 Å². The van der Waals surface area contributed by atoms with Crippen LogP contribution in [0.4, 0.5) is 0 Å². The van der Waals surface area contributed by atoms with Crippen molar-refractivity contribution in [2.45, 2.75) is 31.3 Å². The molecular weight excluding hydrogens is 416 g/mol. The second kappa shape index (κ2) is 9.84. The maximum Gasteiger partial charge on any atom is 0.252 e. The summed E-state index contributed by atoms with van der Waals surface area (Å²) in [6.45, 7) is 3.63. The van der Waals surface area contributed by atoms with Crippen LogP contribution in [0.1, 0.15) is 29.8 Å². The first kappa shape index (κ1) is 22.8. The quantitative estimate of drug-likeness (QED) is 0.282. The molecule has 0 saturated heterocycles. The van der Waals surface area contributed by atoms with E-state index in [9.17, 15) is 18.0 Å². The van der Waals surface area contributed by atoms with Crippen LogP contribution in [0.15, 0.2) is 53.4 Å². The Labute approximate surface area is 174 Å². The van der Waals surface area contributed by atoms with Crippen molar-refractivity contribution in [1.29, 1.82) is 0 Å². The third-order valence-corrected chi connectivity index (χ3v) is 5.88. The predicted molar refractivity (Wildman–Crippen MR) is 110 cm³/mol. The van der Waals surface area contributed by atoms with Gasteiger partial charge in [-0.3, -0.25) is 15.0 Å². The molecule has 0 heterocycles. The first-order valence-corrected chi connectivity index (χ1v) is 10.7. The van der Waals surface area contributed by atoms with Gasteiger partial charge in [0, 0.05) is 17.1 Å². The van der Waals surface area contributed by atoms with Gasteiger partial charge in [-0.2, -0.15) is 4.72 Å². The molecular formula is C19H23ClN4O4S. The number of hydrazine groups is 1. The van der Waals surface area contributed by atoms with Gasteiger partial charge in [0.25, 0.3) is 11.8 Å². The van der Waals surface area contributed by atoms with Gasteiger partial charge >= 0.3 is 0 Å². The van der Waals surface area contributed by atoms with Crippen LogP contribution in [0.3, 0.4) is 0 Å². The number of hydrogen-bond acceptors (Lipinski definition) is 5. The molecule has 8 nitrogen and oxygen atoms in total. The average Bonchev–Trinajstić information content (AvgIpc) is 2.70. The molecule has 0 aromatic heterocycles. The molecule has 2 amide bonds. The van der Waals surface area contributed by atoms with E-state index in [0.29, 0.717) is 16.1 Å². The Balaban J connectivity index is 2.04. The van der Waals surface area contributed by atoms with Gasteiger partial charge in [-0.1, -0.05) is 37.6 Å². The van der Waals surface area contributed by atoms with Crippen molar-refractivity contribution >= 4 is 33.4 Å². The minimum absolute atomic E-state index is 0.000694. The van der Waals surface area contributed by atoms with Gasteiger partial charge in [-0.05, 0) is 47.9 Å². The minimum atomic E-state index is -3.92. The van der Waals surface area contributed by atoms with E-state index in [0.717, 1.165) is 0 Å². The number of hydrogen-bond donors (Lipinski definition) is 4. The summed E-state index contributed by atoms with van der Waals surface area (Å²) in [6, 6.07) is 11.5. The van der Waals surface area contributed by atoms with E-state index >= 15 is 0 Å². The molecule has 0 radical (unpaired) electrons. The number of sulfonamides is 1. The zero-order chi connectivity index (χ0) is 21.6. The Bertz CT molecular complexity index is 961. The Hall–Kier alpha value is -2.46. The highest BCUT2D eigenvalue weighted by Gasteiger charge is 2.27. The Morgan fingerprint density at radius 1 is 1.03 bits per heavy atom. The molecule has 29 heavy (non-hydrogen) atoms. The van der Waals surface area contributed by atoms with E-state index in [-0.39, 0.29) is 23.3 Å². The van der Waals surface area contributed by atoms with Gasteiger partial charge in [0.15, 0.2) is 0 Å². The molecule has 0 aliphatic heterocycles. The van der Waals surface area contributed by atoms with Crippen molar-refractivity contribution in [3.05, 3.63) is 64.7 Å². The molecule has 0 bridgehead atoms. The molecule has 0 aliphatic carbocycles. The smallest absolute Gasteiger partial charge is 0.252 e. The standard InChI is InChI=1S/C19H23ClN4O4S/c1-12(2)17(19(26)23-21)24-29(27,28)16-9-3-13(4-10-16)11-22-18(25)14-5-7-15(20)8-6-14/h3-10,12,17,24H,11,21H2,1-2H3,(H,22,25)(H,23,26). The lowest BCUT2D eigenvalue weighted by molar-refractivity contribution is -0.123. The fourth-order valence-corrected chi connectivity index (χ4v) is 3.96. The fraction of sp³-hybridized carbons (Fsp3) is 0.263. The van der Waals surface area contributed by atoms with Crippen LogP contribution >= 0.6 is 11.6 Å². The second-order valence-corrected chi connectivity index (χ2v) is 8.84. The fourth-order valence-electron chi connectivity index (χ4n) is 2.49. The van der Waals surface area contributed by atoms with E-state index in [1.165, 1.54) is 12.1 Å². The SMILES string of the molecule is CC(C)C(NS(=O)(=O)c1ccc(CNC(=O)c2ccc(Cl)cc2)cc1)C(=O)NN. The largest absolute Gasteiger partial charge is 0.348 e. The molecule has 2 rings (SSSR count). The van der Waals surface area contributed by atoms with Gasteiger partial charge < -0.3 is 5.32 Å². The Kier molecular flexibility index (Phi) is 7.74. The first-order valence-electron chi connectivity index (χ1n) is 8.79. The molecule has 0 fully saturated rings. The molecule has 1 unspecified atom stereocenters. The highest BCUT2D eigenvalue weighted by atomic mass is 35.5. The summed E-state index contributed by atoms with van der Waals surface area (Å²) in [5, 5.41) is 3.29. The lowest BCUT2D eigenvalue weighted by atomic mass is 10.1. The van der Waals surface area contributed by atoms with Crippen LogP contribution in [0.25, 0.3) is 0 Å². The summed E-state index contributed by atoms with van der Waals surface area (Å²) >= 11 is 5.80. The van der Waals surface area contributed by atoms with Crippen LogP contribution in [0.2, 0.25) is 5.02 Å². The van der Waals surface area contributed by atoms with Crippen molar-refractivity contribution in [2.24, 2.45) is 11.8 Å². The van der Waals surface area contributed by atoms with E-state index in [1.807, 2.05) is 5.43 Å². The van der Waals surface area contributed by atoms with E-state index in [4.69, 9.17) is 17.4 Å². The highest BCUT2D eigenvalue weighted by Crippen LogP contribution is 2.14. The maximum atomic E-state index is 12.5. The van der Waals surface area contributed by atoms with E-state index in [1.54, 1.807) is 50.2 Å². The number of carbonyl (C=O) groups is 2. The monoisotopic (exact) mass is 438 g/mol. The first-order chi connectivity index (χ1) is 13.6. The van der Waals surface area contributed by atoms with Crippen molar-refractivity contribution in [3.8, 4) is 0 Å². The van der Waals surface area contributed by atoms with Crippen molar-refractivity contribution in [3.63, 3.8) is 0 Å². The summed E-state index contributed by atoms with van der Waals surface area (Å²) in [7, 11) is -3.92. The van der Waals surface area contributed by atoms with Gasteiger partial charge in [0.05, 0.1) is 4.90 Å². The minimum Gasteiger partial charge on any atom is -0.348 e. The number of rotatable bonds is 8. The van der Waals surface area contributed by atoms with Gasteiger partial charge in [-0.15, -0.1) is 0 Å². The van der Waals surface area contributed by atoms with E-state index < -0.39 is 22.0 Å². The number of halogens is 1. The van der Waals surface area contributed by atoms with Crippen LogP contribution in [0.5, 0.6) is 0 Å². The summed E-state index contributed by atoms with van der Waals surface area (Å²) in [5.41, 5.74) is 3.14. The van der Waals surface area contributed by atoms with Crippen LogP contribution in [-0.4, -0.2) is 26.3 Å². The zero-order valence-corrected chi connectivity index (χ0v) is 17.5. The molecule has 0 spiro atoms. The number of carbonyl (C=O) groups excluding carboxylic acids is 2. The summed E-state index contributed by atoms with van der Waals surface area (Å²) in [4.78, 5) is 23.9. The zero-order valence-electron chi connectivity index (χ0n) is 16.0. The van der Waals surface area contributed by atoms with Crippen molar-refractivity contribution < 1.29 is 18.0 Å². The Morgan fingerprint density at radius 2 is 1.62 bits per heavy atom. The van der Waals surface area contributed by atoms with Crippen LogP contribution in [-0.2, 0) is 21.4 Å². The molecule has 10 heteroatoms. The molecule has 2 aromatic carbocycles. The lowest BCUT2D eigenvalue weighted by Crippen LogP contribution is -2.51. The third kappa shape index (κ3) is 6.26. The average molecular weight is 439 g/mol. The summed E-state index contributed by atoms with van der Waals surface area (Å²) < 4.78 is 27.4. The van der Waals surface area contributed by atoms with Crippen molar-refractivity contribution in [2.75, 3.05) is 0 Å². The topological polar surface area (TPSA) is 130 Å². The number of nitrogens with one attached hydrogen (secondary N) is 3. The van der Waals surface area contributed by atoms with Crippen LogP contribution in [0, 0.1) is 5.92 Å². The molecule has 0 saturated carbocycles. The predicted octanol–water partition coefficient (Wildman–Crippen LogP) is 1.56. The second-order valence-electron chi connectivity index (χ2n) is 6.69. The van der Waals surface area contributed by atoms with Gasteiger partial charge in [0.1, 0.15) is 6.04 Å². The normalized spacial score (nSPS) is 12.4. The summed E-state index contributed by atoms with van der Waals surface area (Å²) in [5.74, 6) is 3.93. The summed E-state index contributed by atoms with van der Waals surface area (Å²) in [6.07, 6.45) is 0. The van der Waals surface area contributed by atoms with Crippen molar-refractivity contribution in [1.82, 2.24) is 15.5 Å². The number of benzene rings is 2. The highest BCUT2D eigenvalue weighted by molar-refractivity contribution is 7.89. The van der Waals surface area contributed by atoms with Gasteiger partial charge in [0.2, 0.25) is 10.0 Å². The molecule has 1 atom stereocenters.